The molecule has 0 radical (unpaired) electrons. The molecule has 2 aromatic carbocycles. The molecule has 0 spiro atoms. The van der Waals surface area contributed by atoms with Crippen LogP contribution < -0.4 is 14.8 Å². The molecule has 3 rings (SSSR count). The normalized spacial score (nSPS) is 14.6. The maximum Gasteiger partial charge on any atom is 0.286 e. The third-order valence-electron chi connectivity index (χ3n) is 5.28. The molecular weight excluding hydrogens is 374 g/mol. The van der Waals surface area contributed by atoms with Crippen molar-refractivity contribution < 1.29 is 19.2 Å². The van der Waals surface area contributed by atoms with Gasteiger partial charge in [0.15, 0.2) is 11.5 Å². The molecule has 8 nitrogen and oxygen atoms in total. The lowest BCUT2D eigenvalue weighted by molar-refractivity contribution is -0.385. The van der Waals surface area contributed by atoms with Crippen LogP contribution in [0.3, 0.4) is 0 Å². The van der Waals surface area contributed by atoms with Crippen LogP contribution in [-0.2, 0) is 13.0 Å². The minimum absolute atomic E-state index is 0.0520. The number of methoxy groups -OCH3 is 2. The van der Waals surface area contributed by atoms with E-state index in [4.69, 9.17) is 9.47 Å². The first-order valence-corrected chi connectivity index (χ1v) is 9.44. The van der Waals surface area contributed by atoms with E-state index >= 15 is 0 Å². The summed E-state index contributed by atoms with van der Waals surface area (Å²) in [6.07, 6.45) is 0.968. The SMILES string of the molecule is COc1cc(C(=O)NCC(C)N2CCc3ccccc3C2)c([N+](=O)[O-])cc1OC. The summed E-state index contributed by atoms with van der Waals surface area (Å²) in [6, 6.07) is 11.0. The van der Waals surface area contributed by atoms with Crippen molar-refractivity contribution in [3.8, 4) is 11.5 Å². The Balaban J connectivity index is 1.70. The second-order valence-corrected chi connectivity index (χ2v) is 7.03. The van der Waals surface area contributed by atoms with Crippen LogP contribution in [0.25, 0.3) is 0 Å². The Kier molecular flexibility index (Phi) is 6.33. The molecule has 0 saturated carbocycles. The van der Waals surface area contributed by atoms with Crippen LogP contribution in [0.1, 0.15) is 28.4 Å². The van der Waals surface area contributed by atoms with E-state index in [1.54, 1.807) is 0 Å². The molecule has 154 valence electrons. The van der Waals surface area contributed by atoms with Crippen LogP contribution >= 0.6 is 0 Å². The van der Waals surface area contributed by atoms with E-state index in [0.717, 1.165) is 19.5 Å². The smallest absolute Gasteiger partial charge is 0.286 e. The Morgan fingerprint density at radius 2 is 1.86 bits per heavy atom. The highest BCUT2D eigenvalue weighted by molar-refractivity contribution is 5.99. The predicted octanol–water partition coefficient (Wildman–Crippen LogP) is 2.79. The van der Waals surface area contributed by atoms with Crippen LogP contribution in [0.5, 0.6) is 11.5 Å². The van der Waals surface area contributed by atoms with E-state index in [1.807, 2.05) is 19.1 Å². The zero-order valence-electron chi connectivity index (χ0n) is 16.8. The summed E-state index contributed by atoms with van der Waals surface area (Å²) >= 11 is 0. The zero-order chi connectivity index (χ0) is 21.0. The van der Waals surface area contributed by atoms with Crippen molar-refractivity contribution in [1.29, 1.82) is 0 Å². The molecule has 1 amide bonds. The predicted molar refractivity (Wildman–Crippen MR) is 109 cm³/mol. The highest BCUT2D eigenvalue weighted by Gasteiger charge is 2.26. The molecule has 1 aliphatic rings. The van der Waals surface area contributed by atoms with Gasteiger partial charge < -0.3 is 14.8 Å². The van der Waals surface area contributed by atoms with E-state index in [2.05, 4.69) is 22.3 Å². The summed E-state index contributed by atoms with van der Waals surface area (Å²) in [5.41, 5.74) is 2.29. The number of amides is 1. The van der Waals surface area contributed by atoms with Gasteiger partial charge in [-0.2, -0.15) is 0 Å². The molecule has 0 aromatic heterocycles. The number of nitro benzene ring substituents is 1. The fourth-order valence-electron chi connectivity index (χ4n) is 3.56. The van der Waals surface area contributed by atoms with Gasteiger partial charge in [0.25, 0.3) is 11.6 Å². The summed E-state index contributed by atoms with van der Waals surface area (Å²) in [4.78, 5) is 25.8. The van der Waals surface area contributed by atoms with Gasteiger partial charge in [-0.1, -0.05) is 24.3 Å². The number of fused-ring (bicyclic) bond motifs is 1. The highest BCUT2D eigenvalue weighted by atomic mass is 16.6. The third kappa shape index (κ3) is 4.48. The molecule has 1 atom stereocenters. The van der Waals surface area contributed by atoms with E-state index in [0.29, 0.717) is 6.54 Å². The first-order chi connectivity index (χ1) is 13.9. The van der Waals surface area contributed by atoms with Crippen LogP contribution in [0.4, 0.5) is 5.69 Å². The average molecular weight is 399 g/mol. The molecule has 0 fully saturated rings. The standard InChI is InChI=1S/C21H25N3O5/c1-14(23-9-8-15-6-4-5-7-16(15)13-23)12-22-21(25)17-10-19(28-2)20(29-3)11-18(17)24(26)27/h4-7,10-11,14H,8-9,12-13H2,1-3H3,(H,22,25). The van der Waals surface area contributed by atoms with Gasteiger partial charge in [0, 0.05) is 31.7 Å². The Bertz CT molecular complexity index is 915. The van der Waals surface area contributed by atoms with Gasteiger partial charge in [0.1, 0.15) is 5.56 Å². The van der Waals surface area contributed by atoms with Crippen molar-refractivity contribution >= 4 is 11.6 Å². The quantitative estimate of drug-likeness (QED) is 0.568. The van der Waals surface area contributed by atoms with Gasteiger partial charge in [-0.05, 0) is 24.5 Å². The summed E-state index contributed by atoms with van der Waals surface area (Å²) in [5.74, 6) is -0.0399. The lowest BCUT2D eigenvalue weighted by Crippen LogP contribution is -2.44. The molecule has 0 saturated heterocycles. The summed E-state index contributed by atoms with van der Waals surface area (Å²) in [7, 11) is 2.81. The van der Waals surface area contributed by atoms with E-state index < -0.39 is 10.8 Å². The largest absolute Gasteiger partial charge is 0.493 e. The van der Waals surface area contributed by atoms with E-state index in [1.165, 1.54) is 37.5 Å². The number of carbonyl (C=O) groups excluding carboxylic acids is 1. The molecule has 0 aliphatic carbocycles. The van der Waals surface area contributed by atoms with Crippen molar-refractivity contribution in [3.05, 3.63) is 63.2 Å². The van der Waals surface area contributed by atoms with Gasteiger partial charge in [0.05, 0.1) is 25.2 Å². The summed E-state index contributed by atoms with van der Waals surface area (Å²) in [5, 5.41) is 14.2. The minimum Gasteiger partial charge on any atom is -0.493 e. The molecule has 8 heteroatoms. The number of hydrogen-bond acceptors (Lipinski definition) is 6. The molecule has 2 aromatic rings. The monoisotopic (exact) mass is 399 g/mol. The Morgan fingerprint density at radius 1 is 1.21 bits per heavy atom. The molecule has 1 heterocycles. The zero-order valence-corrected chi connectivity index (χ0v) is 16.8. The number of rotatable bonds is 7. The Labute approximate surface area is 169 Å². The maximum absolute atomic E-state index is 12.7. The van der Waals surface area contributed by atoms with Crippen LogP contribution in [0.2, 0.25) is 0 Å². The number of nitrogens with zero attached hydrogens (tertiary/aromatic N) is 2. The van der Waals surface area contributed by atoms with Crippen molar-refractivity contribution in [2.24, 2.45) is 0 Å². The number of benzene rings is 2. The lowest BCUT2D eigenvalue weighted by Gasteiger charge is -2.33. The number of ether oxygens (including phenoxy) is 2. The maximum atomic E-state index is 12.7. The van der Waals surface area contributed by atoms with Gasteiger partial charge in [-0.3, -0.25) is 19.8 Å². The van der Waals surface area contributed by atoms with Crippen molar-refractivity contribution in [3.63, 3.8) is 0 Å². The van der Waals surface area contributed by atoms with Crippen LogP contribution in [0, 0.1) is 10.1 Å². The third-order valence-corrected chi connectivity index (χ3v) is 5.28. The van der Waals surface area contributed by atoms with Crippen molar-refractivity contribution in [1.82, 2.24) is 10.2 Å². The summed E-state index contributed by atoms with van der Waals surface area (Å²) in [6.45, 7) is 4.15. The second kappa shape index (κ2) is 8.91. The van der Waals surface area contributed by atoms with Gasteiger partial charge in [-0.25, -0.2) is 0 Å². The molecule has 1 unspecified atom stereocenters. The van der Waals surface area contributed by atoms with Crippen LogP contribution in [0.15, 0.2) is 36.4 Å². The second-order valence-electron chi connectivity index (χ2n) is 7.03. The molecule has 0 bridgehead atoms. The number of nitro groups is 1. The first-order valence-electron chi connectivity index (χ1n) is 9.44. The number of nitrogens with one attached hydrogen (secondary N) is 1. The van der Waals surface area contributed by atoms with Crippen molar-refractivity contribution in [2.45, 2.75) is 25.9 Å². The number of hydrogen-bond donors (Lipinski definition) is 1. The van der Waals surface area contributed by atoms with Crippen LogP contribution in [-0.4, -0.2) is 49.1 Å². The lowest BCUT2D eigenvalue weighted by atomic mass is 9.99. The Hall–Kier alpha value is -3.13. The first kappa shape index (κ1) is 20.6. The molecule has 1 aliphatic heterocycles. The topological polar surface area (TPSA) is 93.9 Å². The van der Waals surface area contributed by atoms with Gasteiger partial charge in [0.2, 0.25) is 0 Å². The van der Waals surface area contributed by atoms with E-state index in [9.17, 15) is 14.9 Å². The van der Waals surface area contributed by atoms with Gasteiger partial charge in [-0.15, -0.1) is 0 Å². The molecule has 1 N–H and O–H groups in total. The number of carbonyl (C=O) groups is 1. The fraction of sp³-hybridized carbons (Fsp3) is 0.381. The van der Waals surface area contributed by atoms with Gasteiger partial charge >= 0.3 is 0 Å². The fourth-order valence-corrected chi connectivity index (χ4v) is 3.56. The van der Waals surface area contributed by atoms with E-state index in [-0.39, 0.29) is 28.8 Å². The minimum atomic E-state index is -0.595. The highest BCUT2D eigenvalue weighted by Crippen LogP contribution is 2.34. The van der Waals surface area contributed by atoms with Crippen molar-refractivity contribution in [2.75, 3.05) is 27.3 Å². The average Bonchev–Trinajstić information content (AvgIpc) is 2.75. The molecule has 29 heavy (non-hydrogen) atoms. The molecular formula is C21H25N3O5. The Morgan fingerprint density at radius 3 is 2.52 bits per heavy atom. The summed E-state index contributed by atoms with van der Waals surface area (Å²) < 4.78 is 10.3.